The number of rotatable bonds is 3. The predicted octanol–water partition coefficient (Wildman–Crippen LogP) is 2.53. The van der Waals surface area contributed by atoms with Gasteiger partial charge in [0.1, 0.15) is 0 Å². The van der Waals surface area contributed by atoms with Gasteiger partial charge in [-0.15, -0.1) is 0 Å². The predicted molar refractivity (Wildman–Crippen MR) is 45.9 cm³/mol. The third-order valence-corrected chi connectivity index (χ3v) is 2.99. The second kappa shape index (κ2) is 3.63. The summed E-state index contributed by atoms with van der Waals surface area (Å²) in [6.07, 6.45) is 3.91. The minimum absolute atomic E-state index is 0.849. The first-order valence-corrected chi connectivity index (χ1v) is 6.98. The Morgan fingerprint density at radius 2 is 1.88 bits per heavy atom. The molecule has 2 heteroatoms. The van der Waals surface area contributed by atoms with Crippen LogP contribution in [0.3, 0.4) is 0 Å². The lowest BCUT2D eigenvalue weighted by Crippen LogP contribution is -1.83. The summed E-state index contributed by atoms with van der Waals surface area (Å²) in [7, 11) is 0. The smallest absolute Gasteiger partial charge is 0.0240 e. The average molecular weight is 150 g/mol. The van der Waals surface area contributed by atoms with Gasteiger partial charge in [0.05, 0.1) is 0 Å². The Hall–Kier alpha value is 0.650. The van der Waals surface area contributed by atoms with Gasteiger partial charge in [0, 0.05) is 0 Å². The lowest BCUT2D eigenvalue weighted by atomic mass is 10.4. The van der Waals surface area contributed by atoms with E-state index in [-0.39, 0.29) is 0 Å². The standard InChI is InChI=1S/C6H15PS/c1-4-5-6-7(2,3)8/h4-6H2,1-3H3. The summed E-state index contributed by atoms with van der Waals surface area (Å²) >= 11 is 5.26. The van der Waals surface area contributed by atoms with E-state index in [1.807, 2.05) is 0 Å². The van der Waals surface area contributed by atoms with Crippen molar-refractivity contribution in [2.75, 3.05) is 19.5 Å². The van der Waals surface area contributed by atoms with Gasteiger partial charge in [-0.3, -0.25) is 0 Å². The van der Waals surface area contributed by atoms with E-state index in [0.29, 0.717) is 0 Å². The minimum Gasteiger partial charge on any atom is -0.0981 e. The molecule has 0 unspecified atom stereocenters. The SMILES string of the molecule is CCCCP(C)(C)=S. The molecule has 0 aliphatic heterocycles. The van der Waals surface area contributed by atoms with Gasteiger partial charge in [-0.2, -0.15) is 0 Å². The van der Waals surface area contributed by atoms with Gasteiger partial charge in [-0.25, -0.2) is 0 Å². The topological polar surface area (TPSA) is 0 Å². The van der Waals surface area contributed by atoms with Crippen LogP contribution in [0, 0.1) is 0 Å². The van der Waals surface area contributed by atoms with Crippen LogP contribution in [-0.2, 0) is 11.8 Å². The van der Waals surface area contributed by atoms with Crippen molar-refractivity contribution in [2.45, 2.75) is 19.8 Å². The van der Waals surface area contributed by atoms with Crippen molar-refractivity contribution in [2.24, 2.45) is 0 Å². The molecule has 0 heterocycles. The normalized spacial score (nSPS) is 11.9. The fourth-order valence-electron chi connectivity index (χ4n) is 0.539. The van der Waals surface area contributed by atoms with Crippen LogP contribution < -0.4 is 0 Å². The molecular formula is C6H15PS. The van der Waals surface area contributed by atoms with Crippen molar-refractivity contribution in [1.29, 1.82) is 0 Å². The van der Waals surface area contributed by atoms with Gasteiger partial charge < -0.3 is 0 Å². The van der Waals surface area contributed by atoms with Gasteiger partial charge >= 0.3 is 0 Å². The van der Waals surface area contributed by atoms with Crippen LogP contribution in [0.25, 0.3) is 0 Å². The van der Waals surface area contributed by atoms with E-state index in [4.69, 9.17) is 11.8 Å². The third-order valence-electron chi connectivity index (χ3n) is 1.05. The molecule has 0 aliphatic carbocycles. The van der Waals surface area contributed by atoms with Crippen molar-refractivity contribution in [3.05, 3.63) is 0 Å². The summed E-state index contributed by atoms with van der Waals surface area (Å²) in [6.45, 7) is 6.65. The highest BCUT2D eigenvalue weighted by Gasteiger charge is 1.98. The number of hydrogen-bond acceptors (Lipinski definition) is 1. The Morgan fingerprint density at radius 1 is 1.38 bits per heavy atom. The quantitative estimate of drug-likeness (QED) is 0.557. The molecule has 0 nitrogen and oxygen atoms in total. The largest absolute Gasteiger partial charge is 0.0981 e. The molecule has 0 atom stereocenters. The first kappa shape index (κ1) is 8.65. The van der Waals surface area contributed by atoms with Crippen LogP contribution in [-0.4, -0.2) is 19.5 Å². The Balaban J connectivity index is 3.26. The van der Waals surface area contributed by atoms with Gasteiger partial charge in [0.2, 0.25) is 0 Å². The molecule has 0 aromatic heterocycles. The fraction of sp³-hybridized carbons (Fsp3) is 1.00. The molecule has 0 rings (SSSR count). The summed E-state index contributed by atoms with van der Waals surface area (Å²) in [4.78, 5) is 0. The average Bonchev–Trinajstić information content (AvgIpc) is 1.59. The third kappa shape index (κ3) is 6.65. The molecule has 0 aromatic rings. The summed E-state index contributed by atoms with van der Waals surface area (Å²) in [5.74, 6) is 0. The monoisotopic (exact) mass is 150 g/mol. The molecule has 0 aromatic carbocycles. The molecule has 0 amide bonds. The maximum Gasteiger partial charge on any atom is -0.0240 e. The van der Waals surface area contributed by atoms with Crippen molar-refractivity contribution >= 4 is 17.8 Å². The molecule has 0 bridgehead atoms. The second-order valence-corrected chi connectivity index (χ2v) is 9.21. The molecule has 8 heavy (non-hydrogen) atoms. The summed E-state index contributed by atoms with van der Waals surface area (Å²) in [5.41, 5.74) is 0. The van der Waals surface area contributed by atoms with E-state index in [9.17, 15) is 0 Å². The van der Waals surface area contributed by atoms with Crippen LogP contribution in [0.15, 0.2) is 0 Å². The molecule has 0 aliphatic rings. The Morgan fingerprint density at radius 3 is 2.00 bits per heavy atom. The van der Waals surface area contributed by atoms with Crippen LogP contribution in [0.2, 0.25) is 0 Å². The van der Waals surface area contributed by atoms with Crippen LogP contribution in [0.1, 0.15) is 19.8 Å². The minimum atomic E-state index is -0.849. The Labute approximate surface area is 57.7 Å². The zero-order chi connectivity index (χ0) is 6.62. The Bertz CT molecular complexity index is 92.7. The van der Waals surface area contributed by atoms with Crippen LogP contribution in [0.4, 0.5) is 0 Å². The lowest BCUT2D eigenvalue weighted by molar-refractivity contribution is 0.892. The molecule has 0 saturated heterocycles. The highest BCUT2D eigenvalue weighted by molar-refractivity contribution is 8.13. The highest BCUT2D eigenvalue weighted by atomic mass is 32.4. The summed E-state index contributed by atoms with van der Waals surface area (Å²) < 4.78 is 0. The molecule has 50 valence electrons. The molecule has 0 saturated carbocycles. The molecule has 0 fully saturated rings. The number of hydrogen-bond donors (Lipinski definition) is 0. The maximum atomic E-state index is 5.26. The van der Waals surface area contributed by atoms with Crippen LogP contribution >= 0.6 is 6.04 Å². The van der Waals surface area contributed by atoms with Gasteiger partial charge in [0.15, 0.2) is 0 Å². The van der Waals surface area contributed by atoms with Gasteiger partial charge in [-0.1, -0.05) is 25.2 Å². The lowest BCUT2D eigenvalue weighted by Gasteiger charge is -2.06. The zero-order valence-corrected chi connectivity index (χ0v) is 7.69. The second-order valence-electron chi connectivity index (χ2n) is 2.65. The van der Waals surface area contributed by atoms with E-state index >= 15 is 0 Å². The maximum absolute atomic E-state index is 5.26. The molecule has 0 radical (unpaired) electrons. The summed E-state index contributed by atoms with van der Waals surface area (Å²) in [5, 5.41) is 0. The Kier molecular flexibility index (Phi) is 3.93. The van der Waals surface area contributed by atoms with Crippen LogP contribution in [0.5, 0.6) is 0 Å². The van der Waals surface area contributed by atoms with Crippen molar-refractivity contribution in [3.63, 3.8) is 0 Å². The van der Waals surface area contributed by atoms with Crippen molar-refractivity contribution in [1.82, 2.24) is 0 Å². The first-order valence-electron chi connectivity index (χ1n) is 3.10. The highest BCUT2D eigenvalue weighted by Crippen LogP contribution is 2.36. The van der Waals surface area contributed by atoms with E-state index in [2.05, 4.69) is 20.3 Å². The molecule has 0 spiro atoms. The fourth-order valence-corrected chi connectivity index (χ4v) is 2.00. The molecular weight excluding hydrogens is 135 g/mol. The van der Waals surface area contributed by atoms with E-state index in [0.717, 1.165) is 0 Å². The van der Waals surface area contributed by atoms with E-state index in [1.54, 1.807) is 0 Å². The van der Waals surface area contributed by atoms with Crippen molar-refractivity contribution in [3.8, 4) is 0 Å². The molecule has 0 N–H and O–H groups in total. The summed E-state index contributed by atoms with van der Waals surface area (Å²) in [6, 6.07) is -0.849. The van der Waals surface area contributed by atoms with Gasteiger partial charge in [0.25, 0.3) is 0 Å². The zero-order valence-electron chi connectivity index (χ0n) is 5.98. The van der Waals surface area contributed by atoms with E-state index in [1.165, 1.54) is 19.0 Å². The van der Waals surface area contributed by atoms with E-state index < -0.39 is 6.04 Å². The van der Waals surface area contributed by atoms with Gasteiger partial charge in [-0.05, 0) is 32.0 Å². The van der Waals surface area contributed by atoms with Crippen molar-refractivity contribution < 1.29 is 0 Å². The number of unbranched alkanes of at least 4 members (excludes halogenated alkanes) is 1. The first-order chi connectivity index (χ1) is 3.56.